The maximum atomic E-state index is 12.8. The molecular formula is C12H10F6O. The summed E-state index contributed by atoms with van der Waals surface area (Å²) in [6.07, 6.45) is -8.96. The van der Waals surface area contributed by atoms with Crippen molar-refractivity contribution < 1.29 is 31.4 Å². The summed E-state index contributed by atoms with van der Waals surface area (Å²) in [7, 11) is 0. The second-order valence-electron chi connectivity index (χ2n) is 4.64. The van der Waals surface area contributed by atoms with Gasteiger partial charge in [-0.1, -0.05) is 0 Å². The fourth-order valence-electron chi connectivity index (χ4n) is 2.13. The van der Waals surface area contributed by atoms with Gasteiger partial charge in [-0.3, -0.25) is 0 Å². The molecule has 0 radical (unpaired) electrons. The monoisotopic (exact) mass is 284 g/mol. The summed E-state index contributed by atoms with van der Waals surface area (Å²) in [5, 5.41) is 9.95. The highest BCUT2D eigenvalue weighted by Crippen LogP contribution is 2.47. The van der Waals surface area contributed by atoms with Crippen LogP contribution in [0.5, 0.6) is 0 Å². The lowest BCUT2D eigenvalue weighted by Gasteiger charge is -2.39. The zero-order valence-corrected chi connectivity index (χ0v) is 9.57. The van der Waals surface area contributed by atoms with E-state index in [0.29, 0.717) is 24.6 Å². The molecule has 0 heterocycles. The van der Waals surface area contributed by atoms with Gasteiger partial charge in [-0.05, 0) is 43.0 Å². The van der Waals surface area contributed by atoms with E-state index in [1.54, 1.807) is 0 Å². The molecule has 1 saturated carbocycles. The standard InChI is InChI=1S/C12H10F6O/c13-11(14,15)7-2-3-8(12(16,17)18)9(6-7)10(19)4-1-5-10/h2-3,6,19H,1,4-5H2. The predicted octanol–water partition coefficient (Wildman–Crippen LogP) is 4.10. The summed E-state index contributed by atoms with van der Waals surface area (Å²) in [6, 6.07) is 1.17. The van der Waals surface area contributed by atoms with E-state index in [4.69, 9.17) is 0 Å². The first-order valence-electron chi connectivity index (χ1n) is 5.55. The molecule has 0 aliphatic heterocycles. The SMILES string of the molecule is OC1(c2cc(C(F)(F)F)ccc2C(F)(F)F)CCC1. The fourth-order valence-corrected chi connectivity index (χ4v) is 2.13. The minimum Gasteiger partial charge on any atom is -0.385 e. The van der Waals surface area contributed by atoms with E-state index in [-0.39, 0.29) is 12.8 Å². The summed E-state index contributed by atoms with van der Waals surface area (Å²) in [5.74, 6) is 0. The van der Waals surface area contributed by atoms with E-state index < -0.39 is 34.6 Å². The van der Waals surface area contributed by atoms with Crippen molar-refractivity contribution in [1.29, 1.82) is 0 Å². The van der Waals surface area contributed by atoms with Crippen LogP contribution in [-0.2, 0) is 18.0 Å². The van der Waals surface area contributed by atoms with E-state index in [9.17, 15) is 31.4 Å². The normalized spacial score (nSPS) is 19.1. The van der Waals surface area contributed by atoms with Crippen molar-refractivity contribution in [3.05, 3.63) is 34.9 Å². The number of benzene rings is 1. The van der Waals surface area contributed by atoms with Crippen LogP contribution >= 0.6 is 0 Å². The molecule has 1 aromatic rings. The van der Waals surface area contributed by atoms with Gasteiger partial charge in [-0.15, -0.1) is 0 Å². The zero-order chi connectivity index (χ0) is 14.5. The third kappa shape index (κ3) is 2.56. The molecule has 0 unspecified atom stereocenters. The van der Waals surface area contributed by atoms with Crippen molar-refractivity contribution in [2.75, 3.05) is 0 Å². The average molecular weight is 284 g/mol. The Morgan fingerprint density at radius 3 is 1.89 bits per heavy atom. The lowest BCUT2D eigenvalue weighted by Crippen LogP contribution is -2.36. The molecule has 1 aliphatic carbocycles. The van der Waals surface area contributed by atoms with Crippen molar-refractivity contribution in [3.8, 4) is 0 Å². The molecule has 0 spiro atoms. The fraction of sp³-hybridized carbons (Fsp3) is 0.500. The summed E-state index contributed by atoms with van der Waals surface area (Å²) in [4.78, 5) is 0. The van der Waals surface area contributed by atoms with Crippen molar-refractivity contribution in [2.45, 2.75) is 37.2 Å². The number of halogens is 6. The number of aliphatic hydroxyl groups is 1. The van der Waals surface area contributed by atoms with Gasteiger partial charge in [0.05, 0.1) is 16.7 Å². The van der Waals surface area contributed by atoms with E-state index >= 15 is 0 Å². The van der Waals surface area contributed by atoms with Crippen molar-refractivity contribution in [3.63, 3.8) is 0 Å². The third-order valence-electron chi connectivity index (χ3n) is 3.33. The maximum Gasteiger partial charge on any atom is 0.416 e. The van der Waals surface area contributed by atoms with Crippen LogP contribution in [0.4, 0.5) is 26.3 Å². The Morgan fingerprint density at radius 1 is 0.947 bits per heavy atom. The van der Waals surface area contributed by atoms with Gasteiger partial charge in [0.15, 0.2) is 0 Å². The first-order valence-corrected chi connectivity index (χ1v) is 5.55. The summed E-state index contributed by atoms with van der Waals surface area (Å²) in [5.41, 5.74) is -4.87. The largest absolute Gasteiger partial charge is 0.416 e. The lowest BCUT2D eigenvalue weighted by molar-refractivity contribution is -0.145. The molecule has 19 heavy (non-hydrogen) atoms. The van der Waals surface area contributed by atoms with Crippen LogP contribution in [0.2, 0.25) is 0 Å². The highest BCUT2D eigenvalue weighted by Gasteiger charge is 2.45. The van der Waals surface area contributed by atoms with Crippen molar-refractivity contribution in [1.82, 2.24) is 0 Å². The molecular weight excluding hydrogens is 274 g/mol. The molecule has 0 amide bonds. The van der Waals surface area contributed by atoms with Crippen LogP contribution in [0, 0.1) is 0 Å². The van der Waals surface area contributed by atoms with E-state index in [2.05, 4.69) is 0 Å². The molecule has 0 aromatic heterocycles. The Morgan fingerprint density at radius 2 is 1.53 bits per heavy atom. The smallest absolute Gasteiger partial charge is 0.385 e. The minimum absolute atomic E-state index is 0.0391. The van der Waals surface area contributed by atoms with Gasteiger partial charge >= 0.3 is 12.4 Å². The Labute approximate surface area is 104 Å². The van der Waals surface area contributed by atoms with E-state index in [1.165, 1.54) is 0 Å². The topological polar surface area (TPSA) is 20.2 Å². The molecule has 1 fully saturated rings. The second kappa shape index (κ2) is 4.13. The van der Waals surface area contributed by atoms with Gasteiger partial charge in [0, 0.05) is 0 Å². The van der Waals surface area contributed by atoms with Gasteiger partial charge in [-0.25, -0.2) is 0 Å². The Balaban J connectivity index is 2.58. The molecule has 1 nitrogen and oxygen atoms in total. The molecule has 1 N–H and O–H groups in total. The van der Waals surface area contributed by atoms with Crippen molar-refractivity contribution in [2.24, 2.45) is 0 Å². The summed E-state index contributed by atoms with van der Waals surface area (Å²) >= 11 is 0. The van der Waals surface area contributed by atoms with Gasteiger partial charge in [0.1, 0.15) is 0 Å². The van der Waals surface area contributed by atoms with Crippen LogP contribution in [0.25, 0.3) is 0 Å². The third-order valence-corrected chi connectivity index (χ3v) is 3.33. The molecule has 2 rings (SSSR count). The van der Waals surface area contributed by atoms with Crippen LogP contribution in [-0.4, -0.2) is 5.11 Å². The molecule has 7 heteroatoms. The average Bonchev–Trinajstić information content (AvgIpc) is 2.22. The van der Waals surface area contributed by atoms with Crippen LogP contribution < -0.4 is 0 Å². The predicted molar refractivity (Wildman–Crippen MR) is 54.2 cm³/mol. The van der Waals surface area contributed by atoms with Crippen LogP contribution in [0.3, 0.4) is 0 Å². The Bertz CT molecular complexity index is 484. The highest BCUT2D eigenvalue weighted by molar-refractivity contribution is 5.40. The zero-order valence-electron chi connectivity index (χ0n) is 9.57. The Hall–Kier alpha value is -1.24. The minimum atomic E-state index is -4.79. The van der Waals surface area contributed by atoms with Crippen molar-refractivity contribution >= 4 is 0 Å². The number of alkyl halides is 6. The number of hydrogen-bond acceptors (Lipinski definition) is 1. The van der Waals surface area contributed by atoms with Gasteiger partial charge < -0.3 is 5.11 Å². The number of hydrogen-bond donors (Lipinski definition) is 1. The van der Waals surface area contributed by atoms with Crippen LogP contribution in [0.1, 0.15) is 36.0 Å². The second-order valence-corrected chi connectivity index (χ2v) is 4.64. The van der Waals surface area contributed by atoms with Gasteiger partial charge in [-0.2, -0.15) is 26.3 Å². The highest BCUT2D eigenvalue weighted by atomic mass is 19.4. The van der Waals surface area contributed by atoms with Crippen LogP contribution in [0.15, 0.2) is 18.2 Å². The summed E-state index contributed by atoms with van der Waals surface area (Å²) in [6.45, 7) is 0. The molecule has 0 atom stereocenters. The maximum absolute atomic E-state index is 12.8. The van der Waals surface area contributed by atoms with Gasteiger partial charge in [0.25, 0.3) is 0 Å². The molecule has 1 aromatic carbocycles. The van der Waals surface area contributed by atoms with E-state index in [0.717, 1.165) is 0 Å². The molecule has 106 valence electrons. The summed E-state index contributed by atoms with van der Waals surface area (Å²) < 4.78 is 76.0. The first kappa shape index (κ1) is 14.2. The molecule has 0 bridgehead atoms. The van der Waals surface area contributed by atoms with Gasteiger partial charge in [0.2, 0.25) is 0 Å². The Kier molecular flexibility index (Phi) is 3.08. The lowest BCUT2D eigenvalue weighted by atomic mass is 9.73. The quantitative estimate of drug-likeness (QED) is 0.770. The number of rotatable bonds is 1. The molecule has 1 aliphatic rings. The molecule has 0 saturated heterocycles. The first-order chi connectivity index (χ1) is 8.54. The van der Waals surface area contributed by atoms with E-state index in [1.807, 2.05) is 0 Å².